The van der Waals surface area contributed by atoms with Crippen molar-refractivity contribution in [3.05, 3.63) is 131 Å². The quantitative estimate of drug-likeness (QED) is 0.0217. The molecular weight excluding hydrogens is 1310 g/mol. The number of nitrogens with one attached hydrogen (secondary N) is 4. The largest absolute Gasteiger partial charge is 0.550 e. The van der Waals surface area contributed by atoms with Crippen LogP contribution < -0.4 is 37.5 Å². The summed E-state index contributed by atoms with van der Waals surface area (Å²) in [6, 6.07) is 23.5. The number of amides is 1. The van der Waals surface area contributed by atoms with Crippen molar-refractivity contribution >= 4 is 54.4 Å². The molecule has 4 fully saturated rings. The number of cyclic esters (lactones) is 2. The zero-order valence-corrected chi connectivity index (χ0v) is 60.4. The van der Waals surface area contributed by atoms with E-state index in [2.05, 4.69) is 34.1 Å². The molecular formula is C73H108N6O22. The summed E-state index contributed by atoms with van der Waals surface area (Å²) in [5.41, 5.74) is 13.6. The second-order valence-electron chi connectivity index (χ2n) is 27.5. The third kappa shape index (κ3) is 34.7. The third-order valence-corrected chi connectivity index (χ3v) is 16.2. The fourth-order valence-electron chi connectivity index (χ4n) is 9.99. The maximum absolute atomic E-state index is 12.6. The lowest BCUT2D eigenvalue weighted by molar-refractivity contribution is -0.510. The average Bonchev–Trinajstić information content (AvgIpc) is 0.823. The molecule has 28 nitrogen and oxygen atoms in total. The number of nitrogens with two attached hydrogens (primary N) is 2. The number of esters is 3. The number of rotatable bonds is 23. The van der Waals surface area contributed by atoms with Gasteiger partial charge >= 0.3 is 48.4 Å². The summed E-state index contributed by atoms with van der Waals surface area (Å²) in [5.74, 6) is -2.14. The Morgan fingerprint density at radius 2 is 0.950 bits per heavy atom. The summed E-state index contributed by atoms with van der Waals surface area (Å²) in [7, 11) is 0. The minimum Gasteiger partial charge on any atom is -0.550 e. The summed E-state index contributed by atoms with van der Waals surface area (Å²) < 4.78 is 51.8. The van der Waals surface area contributed by atoms with Gasteiger partial charge in [0.05, 0.1) is 25.9 Å². The van der Waals surface area contributed by atoms with Crippen molar-refractivity contribution in [2.75, 3.05) is 39.6 Å². The van der Waals surface area contributed by atoms with Crippen LogP contribution in [0.3, 0.4) is 0 Å². The fraction of sp³-hybridized carbons (Fsp3) is 0.575. The topological polar surface area (TPSA) is 415 Å². The maximum atomic E-state index is 12.6. The molecule has 11 N–H and O–H groups in total. The van der Waals surface area contributed by atoms with Gasteiger partial charge < -0.3 is 83.2 Å². The van der Waals surface area contributed by atoms with Crippen molar-refractivity contribution in [2.24, 2.45) is 27.7 Å². The highest BCUT2D eigenvalue weighted by atomic mass is 16.7. The van der Waals surface area contributed by atoms with Crippen molar-refractivity contribution in [1.82, 2.24) is 16.0 Å². The van der Waals surface area contributed by atoms with Crippen molar-refractivity contribution in [3.63, 3.8) is 0 Å². The molecule has 562 valence electrons. The van der Waals surface area contributed by atoms with E-state index in [-0.39, 0.29) is 82.6 Å². The van der Waals surface area contributed by atoms with E-state index >= 15 is 0 Å². The van der Waals surface area contributed by atoms with Crippen LogP contribution in [0.1, 0.15) is 166 Å². The number of hydrogen-bond acceptors (Lipinski definition) is 24. The first-order valence-electron chi connectivity index (χ1n) is 33.7. The number of guanidine groups is 1. The minimum absolute atomic E-state index is 0.0439. The molecule has 2 atom stereocenters. The van der Waals surface area contributed by atoms with Crippen molar-refractivity contribution < 1.29 is 111 Å². The summed E-state index contributed by atoms with van der Waals surface area (Å²) in [4.78, 5) is 95.9. The van der Waals surface area contributed by atoms with Crippen molar-refractivity contribution in [1.29, 1.82) is 0 Å². The molecule has 1 aliphatic heterocycles. The van der Waals surface area contributed by atoms with Crippen LogP contribution in [0, 0.1) is 37.0 Å². The molecule has 7 rings (SSSR count). The number of aryl methyl sites for hydroxylation is 3. The Hall–Kier alpha value is -9.15. The highest BCUT2D eigenvalue weighted by Gasteiger charge is 2.44. The van der Waals surface area contributed by atoms with Crippen LogP contribution in [-0.4, -0.2) is 151 Å². The molecule has 2 unspecified atom stereocenters. The van der Waals surface area contributed by atoms with Gasteiger partial charge in [0.25, 0.3) is 0 Å². The van der Waals surface area contributed by atoms with E-state index in [1.54, 1.807) is 27.7 Å². The standard InChI is InChI=1S/C23H33NO6.C21H31N3O6.C19H30N2O7.C8H10O.C2H4O2/c1-16(2)24-19-9-11-20(12-10-19)30-21(26)23(4,14-25)15-29-22(27)28-13-18-7-5-17(3)6-8-18;1-14-3-5-15(6-4-14)11-28-20(27)29-13-21(2,12-25)18(26)30-17-9-7-16(8-10-17)24-19(22)23;1-12(21-16(23)28-18(2,3)4)20-13-6-8-14(9-7-13)27-15(22)19(5)10-25-17(24)26-11-19;1-7-2-4-8(6-9)5-3-7;1-2(3)4/h5-8,19-20,24-25H,1,9-15H2,2-4H3;3-6,16-17,25H,7-13H2,1-2H3,(H4,22,23,24);13-14,20H,1,6-11H2,2-5H3,(H,21,23);2-5,9H,6H2,1H3;1H3,(H,3,4). The molecule has 3 aliphatic carbocycles. The van der Waals surface area contributed by atoms with Crippen molar-refractivity contribution in [2.45, 2.75) is 215 Å². The van der Waals surface area contributed by atoms with E-state index in [0.29, 0.717) is 37.5 Å². The highest BCUT2D eigenvalue weighted by Crippen LogP contribution is 2.31. The van der Waals surface area contributed by atoms with Gasteiger partial charge in [0, 0.05) is 23.8 Å². The number of ether oxygens (including phenoxy) is 10. The number of carbonyl (C=O) groups is 8. The number of aliphatic hydroxyl groups is 3. The SMILES string of the molecule is C=C(C)NC1CCC(OC(=O)C(C)(CO)COC(=O)OCc2ccc(C)cc2)CC1.C=C(NC(=O)OC(C)(C)C)NC1CCC(OC(=O)C2(C)COC(=O)OC2)CC1.CC(=O)[O-].Cc1ccc(CO)cc1.Cc1ccc(COC(=O)OCC(C)(CO)C(=O)OC2CCC([NH+]=C(N)N)CC2)cc1. The number of aliphatic carboxylic acids is 1. The second-order valence-corrected chi connectivity index (χ2v) is 27.5. The molecule has 28 heteroatoms. The van der Waals surface area contributed by atoms with E-state index in [9.17, 15) is 43.8 Å². The predicted molar refractivity (Wildman–Crippen MR) is 369 cm³/mol. The molecule has 0 bridgehead atoms. The van der Waals surface area contributed by atoms with Gasteiger partial charge in [-0.2, -0.15) is 0 Å². The summed E-state index contributed by atoms with van der Waals surface area (Å²) in [6.07, 6.45) is 5.11. The molecule has 0 spiro atoms. The van der Waals surface area contributed by atoms with E-state index < -0.39 is 83.5 Å². The lowest BCUT2D eigenvalue weighted by Gasteiger charge is -2.34. The Morgan fingerprint density at radius 1 is 0.584 bits per heavy atom. The van der Waals surface area contributed by atoms with Gasteiger partial charge in [0.2, 0.25) is 0 Å². The lowest BCUT2D eigenvalue weighted by Crippen LogP contribution is -2.84. The van der Waals surface area contributed by atoms with Crippen LogP contribution in [0.4, 0.5) is 19.2 Å². The lowest BCUT2D eigenvalue weighted by atomic mass is 9.90. The van der Waals surface area contributed by atoms with Crippen LogP contribution in [0.25, 0.3) is 0 Å². The number of hydrogen-bond donors (Lipinski definition) is 9. The number of carboxylic acid groups (broad SMARTS) is 1. The van der Waals surface area contributed by atoms with Gasteiger partial charge in [-0.05, 0) is 170 Å². The summed E-state index contributed by atoms with van der Waals surface area (Å²) in [5, 5.41) is 46.0. The van der Waals surface area contributed by atoms with Crippen LogP contribution in [0.15, 0.2) is 97.5 Å². The average molecular weight is 1420 g/mol. The van der Waals surface area contributed by atoms with Gasteiger partial charge in [-0.15, -0.1) is 0 Å². The molecule has 0 radical (unpaired) electrons. The Bertz CT molecular complexity index is 3130. The summed E-state index contributed by atoms with van der Waals surface area (Å²) >= 11 is 0. The molecule has 3 aromatic rings. The number of allylic oxidation sites excluding steroid dienone is 1. The van der Waals surface area contributed by atoms with Crippen molar-refractivity contribution in [3.8, 4) is 0 Å². The minimum atomic E-state index is -1.37. The Morgan fingerprint density at radius 3 is 1.31 bits per heavy atom. The molecule has 1 amide bonds. The van der Waals surface area contributed by atoms with Gasteiger partial charge in [0.15, 0.2) is 0 Å². The van der Waals surface area contributed by atoms with Crippen LogP contribution in [0.2, 0.25) is 0 Å². The van der Waals surface area contributed by atoms with E-state index in [0.717, 1.165) is 91.8 Å². The van der Waals surface area contributed by atoms with Gasteiger partial charge in [-0.1, -0.05) is 103 Å². The number of alkyl carbamates (subject to hydrolysis) is 1. The monoisotopic (exact) mass is 1420 g/mol. The predicted octanol–water partition coefficient (Wildman–Crippen LogP) is 6.32. The number of carbonyl (C=O) groups excluding carboxylic acids is 8. The molecule has 0 aromatic heterocycles. The first-order valence-corrected chi connectivity index (χ1v) is 33.7. The highest BCUT2D eigenvalue weighted by molar-refractivity contribution is 5.79. The van der Waals surface area contributed by atoms with E-state index in [1.165, 1.54) is 19.4 Å². The Labute approximate surface area is 592 Å². The zero-order chi connectivity index (χ0) is 75.5. The summed E-state index contributed by atoms with van der Waals surface area (Å²) in [6.45, 7) is 25.0. The van der Waals surface area contributed by atoms with E-state index in [4.69, 9.17) is 73.8 Å². The van der Waals surface area contributed by atoms with Crippen LogP contribution >= 0.6 is 0 Å². The molecule has 1 heterocycles. The molecule has 3 saturated carbocycles. The van der Waals surface area contributed by atoms with Gasteiger partial charge in [0.1, 0.15) is 85.6 Å². The second kappa shape index (κ2) is 42.8. The maximum Gasteiger partial charge on any atom is 0.508 e. The van der Waals surface area contributed by atoms with Crippen LogP contribution in [0.5, 0.6) is 0 Å². The number of aliphatic hydroxyl groups excluding tert-OH is 3. The smallest absolute Gasteiger partial charge is 0.508 e. The molecule has 3 aromatic carbocycles. The Balaban J connectivity index is 0.000000360. The number of carboxylic acids is 1. The Kier molecular flexibility index (Phi) is 36.5. The third-order valence-electron chi connectivity index (χ3n) is 16.2. The van der Waals surface area contributed by atoms with Crippen LogP contribution in [-0.2, 0) is 86.4 Å². The molecule has 4 aliphatic rings. The number of benzene rings is 3. The normalized spacial score (nSPS) is 20.0. The first-order chi connectivity index (χ1) is 47.5. The van der Waals surface area contributed by atoms with Gasteiger partial charge in [-0.25, -0.2) is 19.2 Å². The van der Waals surface area contributed by atoms with E-state index in [1.807, 2.05) is 100 Å². The zero-order valence-electron chi connectivity index (χ0n) is 60.4. The molecule has 1 saturated heterocycles. The fourth-order valence-corrected chi connectivity index (χ4v) is 9.99. The van der Waals surface area contributed by atoms with Gasteiger partial charge in [-0.3, -0.25) is 36.2 Å². The molecule has 101 heavy (non-hydrogen) atoms. The first kappa shape index (κ1) is 86.1.